The molecule has 3 atom stereocenters. The molecule has 88 valence electrons. The van der Waals surface area contributed by atoms with E-state index in [0.717, 1.165) is 23.5 Å². The summed E-state index contributed by atoms with van der Waals surface area (Å²) in [5.41, 5.74) is 0. The summed E-state index contributed by atoms with van der Waals surface area (Å²) in [6.07, 6.45) is 1.32. The summed E-state index contributed by atoms with van der Waals surface area (Å²) < 4.78 is 0. The van der Waals surface area contributed by atoms with E-state index in [1.54, 1.807) is 0 Å². The smallest absolute Gasteiger partial charge is 0.169 e. The Balaban J connectivity index is 2.62. The van der Waals surface area contributed by atoms with Crippen LogP contribution < -0.4 is 5.32 Å². The monoisotopic (exact) mass is 228 g/mol. The van der Waals surface area contributed by atoms with E-state index in [2.05, 4.69) is 44.8 Å². The molecular formula is C12H24N2S. The highest BCUT2D eigenvalue weighted by Gasteiger charge is 2.30. The van der Waals surface area contributed by atoms with Crippen LogP contribution in [0.15, 0.2) is 0 Å². The lowest BCUT2D eigenvalue weighted by atomic mass is 9.86. The normalized spacial score (nSPS) is 31.9. The minimum atomic E-state index is 0.428. The van der Waals surface area contributed by atoms with Gasteiger partial charge in [-0.3, -0.25) is 0 Å². The number of nitrogens with one attached hydrogen (secondary N) is 1. The molecule has 0 spiro atoms. The summed E-state index contributed by atoms with van der Waals surface area (Å²) in [6.45, 7) is 12.3. The lowest BCUT2D eigenvalue weighted by molar-refractivity contribution is 0.145. The van der Waals surface area contributed by atoms with Gasteiger partial charge >= 0.3 is 0 Å². The van der Waals surface area contributed by atoms with Crippen molar-refractivity contribution in [2.45, 2.75) is 53.1 Å². The van der Waals surface area contributed by atoms with Gasteiger partial charge in [0.05, 0.1) is 0 Å². The topological polar surface area (TPSA) is 15.3 Å². The first-order chi connectivity index (χ1) is 6.91. The van der Waals surface area contributed by atoms with Crippen LogP contribution >= 0.6 is 12.2 Å². The third-order valence-corrected chi connectivity index (χ3v) is 3.62. The molecule has 1 aliphatic heterocycles. The number of piperidine rings is 1. The molecule has 1 fully saturated rings. The van der Waals surface area contributed by atoms with Gasteiger partial charge in [-0.2, -0.15) is 0 Å². The van der Waals surface area contributed by atoms with Crippen molar-refractivity contribution in [2.24, 2.45) is 11.8 Å². The van der Waals surface area contributed by atoms with E-state index in [0.29, 0.717) is 12.1 Å². The second-order valence-electron chi connectivity index (χ2n) is 5.32. The summed E-state index contributed by atoms with van der Waals surface area (Å²) in [4.78, 5) is 2.36. The fourth-order valence-electron chi connectivity index (χ4n) is 2.31. The maximum Gasteiger partial charge on any atom is 0.169 e. The minimum Gasteiger partial charge on any atom is -0.360 e. The fraction of sp³-hybridized carbons (Fsp3) is 0.917. The molecule has 0 amide bonds. The van der Waals surface area contributed by atoms with Gasteiger partial charge < -0.3 is 10.2 Å². The molecule has 0 aliphatic carbocycles. The van der Waals surface area contributed by atoms with Crippen LogP contribution in [-0.2, 0) is 0 Å². The molecular weight excluding hydrogens is 204 g/mol. The largest absolute Gasteiger partial charge is 0.360 e. The summed E-state index contributed by atoms with van der Waals surface area (Å²) in [5.74, 6) is 1.49. The van der Waals surface area contributed by atoms with Crippen molar-refractivity contribution in [1.29, 1.82) is 0 Å². The average Bonchev–Trinajstić information content (AvgIpc) is 2.09. The Morgan fingerprint density at radius 1 is 1.33 bits per heavy atom. The van der Waals surface area contributed by atoms with Gasteiger partial charge in [-0.25, -0.2) is 0 Å². The van der Waals surface area contributed by atoms with Crippen LogP contribution in [-0.4, -0.2) is 28.6 Å². The van der Waals surface area contributed by atoms with E-state index in [4.69, 9.17) is 12.2 Å². The number of hydrogen-bond donors (Lipinski definition) is 1. The second kappa shape index (κ2) is 5.15. The molecule has 0 bridgehead atoms. The van der Waals surface area contributed by atoms with Gasteiger partial charge in [-0.05, 0) is 51.2 Å². The Kier molecular flexibility index (Phi) is 4.38. The molecule has 1 saturated heterocycles. The SMILES string of the molecule is CC1CC(C)C(C)N(C(=S)NC(C)C)C1. The van der Waals surface area contributed by atoms with Crippen LogP contribution in [0.5, 0.6) is 0 Å². The van der Waals surface area contributed by atoms with Crippen molar-refractivity contribution >= 4 is 17.3 Å². The van der Waals surface area contributed by atoms with E-state index in [-0.39, 0.29) is 0 Å². The van der Waals surface area contributed by atoms with Gasteiger partial charge in [0.25, 0.3) is 0 Å². The molecule has 0 saturated carbocycles. The molecule has 0 aromatic rings. The molecule has 3 heteroatoms. The van der Waals surface area contributed by atoms with Gasteiger partial charge in [0.2, 0.25) is 0 Å². The van der Waals surface area contributed by atoms with Gasteiger partial charge in [-0.15, -0.1) is 0 Å². The van der Waals surface area contributed by atoms with E-state index in [1.165, 1.54) is 6.42 Å². The van der Waals surface area contributed by atoms with Crippen molar-refractivity contribution < 1.29 is 0 Å². The zero-order chi connectivity index (χ0) is 11.6. The number of nitrogens with zero attached hydrogens (tertiary/aromatic N) is 1. The summed E-state index contributed by atoms with van der Waals surface area (Å²) >= 11 is 5.45. The average molecular weight is 228 g/mol. The molecule has 2 nitrogen and oxygen atoms in total. The zero-order valence-corrected chi connectivity index (χ0v) is 11.4. The first-order valence-corrected chi connectivity index (χ1v) is 6.39. The van der Waals surface area contributed by atoms with Crippen LogP contribution in [0.25, 0.3) is 0 Å². The lowest BCUT2D eigenvalue weighted by Gasteiger charge is -2.43. The highest BCUT2D eigenvalue weighted by molar-refractivity contribution is 7.80. The number of hydrogen-bond acceptors (Lipinski definition) is 1. The molecule has 1 N–H and O–H groups in total. The van der Waals surface area contributed by atoms with Crippen LogP contribution in [0.4, 0.5) is 0 Å². The van der Waals surface area contributed by atoms with E-state index in [9.17, 15) is 0 Å². The van der Waals surface area contributed by atoms with Crippen LogP contribution in [0.1, 0.15) is 41.0 Å². The van der Waals surface area contributed by atoms with Crippen LogP contribution in [0, 0.1) is 11.8 Å². The molecule has 1 aliphatic rings. The van der Waals surface area contributed by atoms with Crippen molar-refractivity contribution in [3.8, 4) is 0 Å². The van der Waals surface area contributed by atoms with Gasteiger partial charge in [0.1, 0.15) is 0 Å². The van der Waals surface area contributed by atoms with Crippen molar-refractivity contribution in [2.75, 3.05) is 6.54 Å². The Morgan fingerprint density at radius 3 is 2.47 bits per heavy atom. The zero-order valence-electron chi connectivity index (χ0n) is 10.6. The summed E-state index contributed by atoms with van der Waals surface area (Å²) in [5, 5.41) is 4.27. The fourth-order valence-corrected chi connectivity index (χ4v) is 2.79. The van der Waals surface area contributed by atoms with E-state index in [1.807, 2.05) is 0 Å². The minimum absolute atomic E-state index is 0.428. The first kappa shape index (κ1) is 12.8. The molecule has 0 aromatic carbocycles. The van der Waals surface area contributed by atoms with Gasteiger partial charge in [0, 0.05) is 18.6 Å². The predicted octanol–water partition coefficient (Wildman–Crippen LogP) is 2.64. The van der Waals surface area contributed by atoms with Crippen molar-refractivity contribution in [3.63, 3.8) is 0 Å². The van der Waals surface area contributed by atoms with Crippen LogP contribution in [0.3, 0.4) is 0 Å². The Bertz CT molecular complexity index is 228. The molecule has 0 aromatic heterocycles. The van der Waals surface area contributed by atoms with Crippen molar-refractivity contribution in [3.05, 3.63) is 0 Å². The molecule has 1 heterocycles. The maximum absolute atomic E-state index is 5.45. The second-order valence-corrected chi connectivity index (χ2v) is 5.70. The number of thiocarbonyl (C=S) groups is 1. The van der Waals surface area contributed by atoms with Crippen molar-refractivity contribution in [1.82, 2.24) is 10.2 Å². The highest BCUT2D eigenvalue weighted by Crippen LogP contribution is 2.26. The Morgan fingerprint density at radius 2 is 1.93 bits per heavy atom. The molecule has 15 heavy (non-hydrogen) atoms. The van der Waals surface area contributed by atoms with E-state index < -0.39 is 0 Å². The third-order valence-electron chi connectivity index (χ3n) is 3.27. The molecule has 0 radical (unpaired) electrons. The summed E-state index contributed by atoms with van der Waals surface area (Å²) in [6, 6.07) is 0.997. The quantitative estimate of drug-likeness (QED) is 0.695. The number of rotatable bonds is 1. The third kappa shape index (κ3) is 3.33. The summed E-state index contributed by atoms with van der Waals surface area (Å²) in [7, 11) is 0. The Hall–Kier alpha value is -0.310. The predicted molar refractivity (Wildman–Crippen MR) is 70.0 cm³/mol. The van der Waals surface area contributed by atoms with Gasteiger partial charge in [-0.1, -0.05) is 13.8 Å². The maximum atomic E-state index is 5.45. The molecule has 3 unspecified atom stereocenters. The lowest BCUT2D eigenvalue weighted by Crippen LogP contribution is -2.53. The molecule has 1 rings (SSSR count). The standard InChI is InChI=1S/C12H24N2S/c1-8(2)13-12(15)14-7-9(3)6-10(4)11(14)5/h8-11H,6-7H2,1-5H3,(H,13,15). The first-order valence-electron chi connectivity index (χ1n) is 5.99. The van der Waals surface area contributed by atoms with Gasteiger partial charge in [0.15, 0.2) is 5.11 Å². The van der Waals surface area contributed by atoms with E-state index >= 15 is 0 Å². The van der Waals surface area contributed by atoms with Crippen LogP contribution in [0.2, 0.25) is 0 Å². The highest BCUT2D eigenvalue weighted by atomic mass is 32.1. The number of likely N-dealkylation sites (tertiary alicyclic amines) is 1. The Labute approximate surface area is 99.4 Å².